The normalized spacial score (nSPS) is 11.6. The second-order valence-electron chi connectivity index (χ2n) is 37.7. The highest BCUT2D eigenvalue weighted by Crippen LogP contribution is 2.26. The standard InChI is InChI=1S/C10H18O3.C10H16O2.2C10H18O.C10H16O.C9H16O3.2C8H14O2.C8H14O.C8H12O/c1-5-12-9(11)7-6-8-13-10(2,3)4;1-6-8(10(3,4)5)12-9(11)7-2;2*1-8(2)6-9(11)7-10(3,4)5;1-6-8(2)9(11)7-10(3,4)5;1-7(10)12-6-8(11)5-9(2,3)4;1-6(9)5-7(10)8(2,3)4;1-5-7(9)10-6-8(2,3)4;2*1-5-7(9)6-8(2,3)4/h6-7H,5,8H2,1-4H3;6-8H,1-2H2,3-5H3;2*6H,7H2,1-5H3;1,9,11H,2,7H2,3-5H3;5-6H2,1-4H3;5H2,1-4H3;5H,1,6H2,2-4H3;5H,1,6H2,2-4H3;1H,6H2,2-4H3/b7-6+;;;;;;;;;. The third kappa shape index (κ3) is 120. The Hall–Kier alpha value is -7.47. The zero-order valence-electron chi connectivity index (χ0n) is 75.2. The molecule has 0 saturated heterocycles. The Morgan fingerprint density at radius 2 is 0.861 bits per heavy atom. The van der Waals surface area contributed by atoms with E-state index in [1.54, 1.807) is 31.2 Å². The fraction of sp³-hybridized carbons (Fsp3) is 0.659. The molecule has 0 radical (unpaired) electrons. The van der Waals surface area contributed by atoms with Crippen molar-refractivity contribution in [1.29, 1.82) is 0 Å². The second kappa shape index (κ2) is 60.4. The summed E-state index contributed by atoms with van der Waals surface area (Å²) < 4.78 is 24.5. The minimum absolute atomic E-state index is 0.0139. The monoisotopic (exact) mass is 1520 g/mol. The predicted molar refractivity (Wildman–Crippen MR) is 450 cm³/mol. The minimum Gasteiger partial charge on any atom is -0.463 e. The van der Waals surface area contributed by atoms with Crippen molar-refractivity contribution in [2.45, 2.75) is 319 Å². The molecule has 17 nitrogen and oxygen atoms in total. The number of terminal acetylenes is 2. The Morgan fingerprint density at radius 1 is 0.472 bits per heavy atom. The van der Waals surface area contributed by atoms with Crippen LogP contribution in [0.1, 0.15) is 301 Å². The number of aliphatic hydroxyl groups excluding tert-OH is 1. The number of Topliss-reactive ketones (excluding diaryl/α,β-unsaturated/α-hetero) is 4. The molecule has 108 heavy (non-hydrogen) atoms. The topological polar surface area (TPSA) is 254 Å². The van der Waals surface area contributed by atoms with Crippen molar-refractivity contribution in [3.05, 3.63) is 98.2 Å². The third-order valence-corrected chi connectivity index (χ3v) is 11.3. The van der Waals surface area contributed by atoms with Gasteiger partial charge in [0.2, 0.25) is 5.78 Å². The first-order chi connectivity index (χ1) is 47.9. The van der Waals surface area contributed by atoms with Crippen molar-refractivity contribution in [3.8, 4) is 24.7 Å². The van der Waals surface area contributed by atoms with Crippen LogP contribution in [0.2, 0.25) is 0 Å². The summed E-state index contributed by atoms with van der Waals surface area (Å²) in [5.41, 5.74) is 2.46. The van der Waals surface area contributed by atoms with Crippen molar-refractivity contribution in [2.75, 3.05) is 26.4 Å². The molecule has 0 aromatic heterocycles. The lowest BCUT2D eigenvalue weighted by Gasteiger charge is -2.26. The van der Waals surface area contributed by atoms with Gasteiger partial charge in [-0.1, -0.05) is 249 Å². The summed E-state index contributed by atoms with van der Waals surface area (Å²) in [5.74, 6) is 3.36. The fourth-order valence-corrected chi connectivity index (χ4v) is 6.77. The summed E-state index contributed by atoms with van der Waals surface area (Å²) >= 11 is 0. The van der Waals surface area contributed by atoms with Gasteiger partial charge in [-0.3, -0.25) is 38.4 Å². The van der Waals surface area contributed by atoms with Crippen LogP contribution in [0.15, 0.2) is 98.2 Å². The van der Waals surface area contributed by atoms with Crippen LogP contribution < -0.4 is 0 Å². The molecule has 17 heteroatoms. The van der Waals surface area contributed by atoms with Gasteiger partial charge in [-0.2, -0.15) is 0 Å². The van der Waals surface area contributed by atoms with Crippen LogP contribution in [-0.4, -0.2) is 114 Å². The van der Waals surface area contributed by atoms with Crippen molar-refractivity contribution < 1.29 is 81.5 Å². The van der Waals surface area contributed by atoms with Crippen LogP contribution in [0, 0.1) is 73.4 Å². The maximum Gasteiger partial charge on any atom is 0.330 e. The van der Waals surface area contributed by atoms with Crippen LogP contribution in [0.4, 0.5) is 0 Å². The number of rotatable bonds is 23. The fourth-order valence-electron chi connectivity index (χ4n) is 6.77. The lowest BCUT2D eigenvalue weighted by atomic mass is 9.87. The van der Waals surface area contributed by atoms with E-state index in [1.807, 2.05) is 173 Å². The zero-order chi connectivity index (χ0) is 88.6. The number of esters is 4. The molecule has 0 fully saturated rings. The summed E-state index contributed by atoms with van der Waals surface area (Å²) in [6, 6.07) is 0. The first-order valence-corrected chi connectivity index (χ1v) is 36.6. The number of ketones is 7. The molecule has 0 bridgehead atoms. The lowest BCUT2D eigenvalue weighted by molar-refractivity contribution is -0.146. The van der Waals surface area contributed by atoms with Crippen molar-refractivity contribution in [2.24, 2.45) is 48.7 Å². The Bertz CT molecular complexity index is 2870. The van der Waals surface area contributed by atoms with Crippen molar-refractivity contribution in [1.82, 2.24) is 0 Å². The summed E-state index contributed by atoms with van der Waals surface area (Å²) in [4.78, 5) is 119. The molecule has 0 saturated carbocycles. The molecule has 0 amide bonds. The molecule has 0 spiro atoms. The molecular weight excluding hydrogens is 1360 g/mol. The van der Waals surface area contributed by atoms with E-state index in [1.165, 1.54) is 32.1 Å². The van der Waals surface area contributed by atoms with Crippen LogP contribution in [0.3, 0.4) is 0 Å². The van der Waals surface area contributed by atoms with Gasteiger partial charge < -0.3 is 28.8 Å². The maximum absolute atomic E-state index is 11.2. The van der Waals surface area contributed by atoms with E-state index >= 15 is 0 Å². The molecule has 2 atom stereocenters. The Kier molecular flexibility index (Phi) is 67.9. The van der Waals surface area contributed by atoms with E-state index < -0.39 is 18.0 Å². The predicted octanol–water partition coefficient (Wildman–Crippen LogP) is 20.8. The molecule has 1 N–H and O–H groups in total. The largest absolute Gasteiger partial charge is 0.463 e. The van der Waals surface area contributed by atoms with Crippen molar-refractivity contribution >= 4 is 64.4 Å². The molecular formula is C91H156O17. The maximum atomic E-state index is 11.2. The average molecular weight is 1520 g/mol. The molecule has 0 aromatic carbocycles. The molecule has 0 rings (SSSR count). The molecule has 0 aliphatic heterocycles. The number of carbonyl (C=O) groups excluding carboxylic acids is 11. The van der Waals surface area contributed by atoms with Gasteiger partial charge in [0.25, 0.3) is 0 Å². The Balaban J connectivity index is -0.000000124. The average Bonchev–Trinajstić information content (AvgIpc) is 0.900. The highest BCUT2D eigenvalue weighted by Gasteiger charge is 2.25. The van der Waals surface area contributed by atoms with Crippen LogP contribution in [0.25, 0.3) is 0 Å². The number of hydrogen-bond donors (Lipinski definition) is 1. The SMILES string of the molecule is C#CC(=C)C(O)CC(C)(C)C.C#CC(=O)CC(C)(C)C.C=CC(=O)CC(C)(C)C.C=CC(=O)OC(C=C)C(C)(C)C.C=CC(=O)OCC(C)(C)C.CC(=O)CC(=O)C(C)(C)C.CC(=O)OCC(=O)CC(C)(C)C.CC(C)=CC(=O)CC(C)(C)C.CC(C)=CC(=O)CC(C)(C)C.CCOC(=O)/C=C/COC(C)(C)C. The highest BCUT2D eigenvalue weighted by molar-refractivity contribution is 6.00. The van der Waals surface area contributed by atoms with Crippen LogP contribution in [0.5, 0.6) is 0 Å². The second-order valence-corrected chi connectivity index (χ2v) is 37.7. The van der Waals surface area contributed by atoms with E-state index in [0.717, 1.165) is 17.2 Å². The number of aliphatic hydroxyl groups is 1. The van der Waals surface area contributed by atoms with E-state index in [9.17, 15) is 57.8 Å². The Labute approximate surface area is 659 Å². The van der Waals surface area contributed by atoms with E-state index in [2.05, 4.69) is 112 Å². The number of hydrogen-bond acceptors (Lipinski definition) is 17. The van der Waals surface area contributed by atoms with Gasteiger partial charge in [-0.25, -0.2) is 14.4 Å². The molecule has 0 aliphatic carbocycles. The van der Waals surface area contributed by atoms with Gasteiger partial charge in [-0.15, -0.1) is 12.8 Å². The van der Waals surface area contributed by atoms with Crippen LogP contribution in [-0.2, 0) is 76.4 Å². The third-order valence-electron chi connectivity index (χ3n) is 11.3. The van der Waals surface area contributed by atoms with Crippen molar-refractivity contribution in [3.63, 3.8) is 0 Å². The zero-order valence-corrected chi connectivity index (χ0v) is 75.2. The number of ether oxygens (including phenoxy) is 5. The molecule has 2 unspecified atom stereocenters. The summed E-state index contributed by atoms with van der Waals surface area (Å²) in [5, 5.41) is 9.41. The van der Waals surface area contributed by atoms with Gasteiger partial charge in [-0.05, 0) is 131 Å². The summed E-state index contributed by atoms with van der Waals surface area (Å²) in [6.07, 6.45) is 24.5. The van der Waals surface area contributed by atoms with E-state index in [4.69, 9.17) is 31.8 Å². The first-order valence-electron chi connectivity index (χ1n) is 36.6. The highest BCUT2D eigenvalue weighted by atomic mass is 16.5. The number of carbonyl (C=O) groups is 11. The van der Waals surface area contributed by atoms with E-state index in [0.29, 0.717) is 63.9 Å². The number of allylic oxidation sites excluding steroid dienone is 5. The van der Waals surface area contributed by atoms with Gasteiger partial charge >= 0.3 is 23.9 Å². The van der Waals surface area contributed by atoms with E-state index in [-0.39, 0.29) is 126 Å². The van der Waals surface area contributed by atoms with Gasteiger partial charge in [0.1, 0.15) is 24.3 Å². The summed E-state index contributed by atoms with van der Waals surface area (Å²) in [6.45, 7) is 90.5. The molecule has 0 aromatic rings. The molecule has 622 valence electrons. The van der Waals surface area contributed by atoms with Gasteiger partial charge in [0.05, 0.1) is 37.9 Å². The first kappa shape index (κ1) is 122. The smallest absolute Gasteiger partial charge is 0.330 e. The Morgan fingerprint density at radius 3 is 1.09 bits per heavy atom. The minimum atomic E-state index is -0.556. The van der Waals surface area contributed by atoms with Gasteiger partial charge in [0.15, 0.2) is 23.1 Å². The lowest BCUT2D eigenvalue weighted by Crippen LogP contribution is -2.28. The van der Waals surface area contributed by atoms with Gasteiger partial charge in [0, 0.05) is 73.7 Å². The summed E-state index contributed by atoms with van der Waals surface area (Å²) in [7, 11) is 0. The molecule has 0 aliphatic rings. The van der Waals surface area contributed by atoms with Crippen LogP contribution >= 0.6 is 0 Å². The molecule has 0 heterocycles. The quantitative estimate of drug-likeness (QED) is 0.0190.